The van der Waals surface area contributed by atoms with E-state index < -0.39 is 0 Å². The molecule has 3 heterocycles. The minimum Gasteiger partial charge on any atom is -0.220 e. The van der Waals surface area contributed by atoms with Crippen molar-refractivity contribution in [3.8, 4) is 22.6 Å². The number of hydrogen-bond acceptors (Lipinski definition) is 5. The van der Waals surface area contributed by atoms with Crippen molar-refractivity contribution in [3.05, 3.63) is 47.7 Å². The Bertz CT molecular complexity index is 694. The minimum atomic E-state index is 0.353. The fourth-order valence-electron chi connectivity index (χ4n) is 1.59. The van der Waals surface area contributed by atoms with Gasteiger partial charge in [0.1, 0.15) is 6.07 Å². The highest BCUT2D eigenvalue weighted by molar-refractivity contribution is 7.13. The van der Waals surface area contributed by atoms with E-state index in [0.29, 0.717) is 11.6 Å². The van der Waals surface area contributed by atoms with E-state index in [9.17, 15) is 0 Å². The molecule has 18 heavy (non-hydrogen) atoms. The summed E-state index contributed by atoms with van der Waals surface area (Å²) in [7, 11) is 0. The second-order valence-electron chi connectivity index (χ2n) is 3.46. The second kappa shape index (κ2) is 4.39. The van der Waals surface area contributed by atoms with Gasteiger partial charge >= 0.3 is 0 Å². The SMILES string of the molecule is N#Cc1cc(-c2cccs2)n(-c2ncccn2)n1. The first-order valence-electron chi connectivity index (χ1n) is 5.20. The van der Waals surface area contributed by atoms with Crippen molar-refractivity contribution in [1.29, 1.82) is 5.26 Å². The summed E-state index contributed by atoms with van der Waals surface area (Å²) >= 11 is 1.58. The zero-order valence-electron chi connectivity index (χ0n) is 9.19. The van der Waals surface area contributed by atoms with Gasteiger partial charge < -0.3 is 0 Å². The van der Waals surface area contributed by atoms with Crippen molar-refractivity contribution in [2.24, 2.45) is 0 Å². The maximum atomic E-state index is 8.96. The van der Waals surface area contributed by atoms with Crippen LogP contribution in [0.3, 0.4) is 0 Å². The Labute approximate surface area is 107 Å². The number of hydrogen-bond donors (Lipinski definition) is 0. The summed E-state index contributed by atoms with van der Waals surface area (Å²) in [5.74, 6) is 0.461. The van der Waals surface area contributed by atoms with Gasteiger partial charge in [0.2, 0.25) is 0 Å². The molecule has 0 spiro atoms. The van der Waals surface area contributed by atoms with E-state index in [0.717, 1.165) is 10.6 Å². The summed E-state index contributed by atoms with van der Waals surface area (Å²) in [5, 5.41) is 15.1. The van der Waals surface area contributed by atoms with Crippen molar-refractivity contribution in [3.63, 3.8) is 0 Å². The molecule has 0 aliphatic rings. The minimum absolute atomic E-state index is 0.353. The molecule has 0 saturated carbocycles. The molecule has 6 heteroatoms. The molecule has 0 N–H and O–H groups in total. The molecule has 0 unspecified atom stereocenters. The first kappa shape index (κ1) is 10.6. The number of nitrogens with zero attached hydrogens (tertiary/aromatic N) is 5. The first-order valence-corrected chi connectivity index (χ1v) is 6.08. The third-order valence-electron chi connectivity index (χ3n) is 2.34. The number of nitriles is 1. The van der Waals surface area contributed by atoms with Crippen LogP contribution in [0.2, 0.25) is 0 Å². The van der Waals surface area contributed by atoms with Gasteiger partial charge in [-0.05, 0) is 17.5 Å². The van der Waals surface area contributed by atoms with Crippen LogP contribution >= 0.6 is 11.3 Å². The molecule has 0 aliphatic heterocycles. The van der Waals surface area contributed by atoms with Crippen LogP contribution < -0.4 is 0 Å². The highest BCUT2D eigenvalue weighted by Gasteiger charge is 2.13. The molecule has 0 bridgehead atoms. The standard InChI is InChI=1S/C12H7N5S/c13-8-9-7-10(11-3-1-6-18-11)17(16-9)12-14-4-2-5-15-12/h1-7H. The van der Waals surface area contributed by atoms with E-state index in [1.165, 1.54) is 0 Å². The summed E-state index contributed by atoms with van der Waals surface area (Å²) < 4.78 is 1.59. The molecule has 0 atom stereocenters. The van der Waals surface area contributed by atoms with Crippen LogP contribution in [-0.4, -0.2) is 19.7 Å². The third kappa shape index (κ3) is 1.77. The fraction of sp³-hybridized carbons (Fsp3) is 0. The lowest BCUT2D eigenvalue weighted by molar-refractivity contribution is 0.811. The highest BCUT2D eigenvalue weighted by Crippen LogP contribution is 2.26. The van der Waals surface area contributed by atoms with Crippen LogP contribution in [-0.2, 0) is 0 Å². The Kier molecular flexibility index (Phi) is 2.59. The van der Waals surface area contributed by atoms with E-state index in [-0.39, 0.29) is 0 Å². The monoisotopic (exact) mass is 253 g/mol. The number of aromatic nitrogens is 4. The second-order valence-corrected chi connectivity index (χ2v) is 4.41. The van der Waals surface area contributed by atoms with E-state index in [2.05, 4.69) is 15.1 Å². The van der Waals surface area contributed by atoms with Gasteiger partial charge in [-0.15, -0.1) is 11.3 Å². The van der Waals surface area contributed by atoms with E-state index >= 15 is 0 Å². The fourth-order valence-corrected chi connectivity index (χ4v) is 2.32. The molecular weight excluding hydrogens is 246 g/mol. The van der Waals surface area contributed by atoms with Crippen LogP contribution in [0.1, 0.15) is 5.69 Å². The van der Waals surface area contributed by atoms with Gasteiger partial charge in [-0.3, -0.25) is 0 Å². The quantitative estimate of drug-likeness (QED) is 0.702. The molecule has 0 saturated heterocycles. The summed E-state index contributed by atoms with van der Waals surface area (Å²) in [6, 6.07) is 9.44. The van der Waals surface area contributed by atoms with Crippen molar-refractivity contribution >= 4 is 11.3 Å². The van der Waals surface area contributed by atoms with E-state index in [4.69, 9.17) is 5.26 Å². The Balaban J connectivity index is 2.21. The van der Waals surface area contributed by atoms with Gasteiger partial charge in [0.25, 0.3) is 5.95 Å². The van der Waals surface area contributed by atoms with Crippen molar-refractivity contribution in [2.45, 2.75) is 0 Å². The van der Waals surface area contributed by atoms with Gasteiger partial charge in [0.05, 0.1) is 10.6 Å². The van der Waals surface area contributed by atoms with Crippen LogP contribution in [0.25, 0.3) is 16.5 Å². The van der Waals surface area contributed by atoms with Gasteiger partial charge in [-0.2, -0.15) is 15.0 Å². The Hall–Kier alpha value is -2.52. The normalized spacial score (nSPS) is 10.2. The molecular formula is C12H7N5S. The van der Waals surface area contributed by atoms with Crippen molar-refractivity contribution in [1.82, 2.24) is 19.7 Å². The molecule has 3 rings (SSSR count). The Morgan fingerprint density at radius 3 is 2.72 bits per heavy atom. The number of rotatable bonds is 2. The zero-order chi connectivity index (χ0) is 12.4. The van der Waals surface area contributed by atoms with E-state index in [1.54, 1.807) is 40.5 Å². The molecule has 0 aromatic carbocycles. The average molecular weight is 253 g/mol. The van der Waals surface area contributed by atoms with Crippen LogP contribution in [0.5, 0.6) is 0 Å². The van der Waals surface area contributed by atoms with Gasteiger partial charge in [-0.1, -0.05) is 6.07 Å². The maximum Gasteiger partial charge on any atom is 0.251 e. The van der Waals surface area contributed by atoms with E-state index in [1.807, 2.05) is 23.6 Å². The Morgan fingerprint density at radius 2 is 2.06 bits per heavy atom. The average Bonchev–Trinajstić information content (AvgIpc) is 3.08. The van der Waals surface area contributed by atoms with Crippen molar-refractivity contribution in [2.75, 3.05) is 0 Å². The number of thiophene rings is 1. The lowest BCUT2D eigenvalue weighted by atomic mass is 10.3. The molecule has 0 fully saturated rings. The first-order chi connectivity index (χ1) is 8.88. The molecule has 0 amide bonds. The maximum absolute atomic E-state index is 8.96. The molecule has 86 valence electrons. The predicted molar refractivity (Wildman–Crippen MR) is 67.2 cm³/mol. The molecule has 3 aromatic rings. The topological polar surface area (TPSA) is 67.4 Å². The van der Waals surface area contributed by atoms with Crippen LogP contribution in [0, 0.1) is 11.3 Å². The molecule has 0 aliphatic carbocycles. The summed E-state index contributed by atoms with van der Waals surface area (Å²) in [6.07, 6.45) is 3.29. The Morgan fingerprint density at radius 1 is 1.22 bits per heavy atom. The summed E-state index contributed by atoms with van der Waals surface area (Å²) in [4.78, 5) is 9.33. The molecule has 0 radical (unpaired) electrons. The lowest BCUT2D eigenvalue weighted by Gasteiger charge is -2.02. The highest BCUT2D eigenvalue weighted by atomic mass is 32.1. The molecule has 5 nitrogen and oxygen atoms in total. The van der Waals surface area contributed by atoms with Gasteiger partial charge in [-0.25, -0.2) is 9.97 Å². The lowest BCUT2D eigenvalue weighted by Crippen LogP contribution is -2.03. The summed E-state index contributed by atoms with van der Waals surface area (Å²) in [5.41, 5.74) is 1.18. The predicted octanol–water partition coefficient (Wildman–Crippen LogP) is 2.26. The third-order valence-corrected chi connectivity index (χ3v) is 3.23. The summed E-state index contributed by atoms with van der Waals surface area (Å²) in [6.45, 7) is 0. The smallest absolute Gasteiger partial charge is 0.220 e. The van der Waals surface area contributed by atoms with Crippen LogP contribution in [0.4, 0.5) is 0 Å². The molecule has 3 aromatic heterocycles. The van der Waals surface area contributed by atoms with Crippen molar-refractivity contribution < 1.29 is 0 Å². The largest absolute Gasteiger partial charge is 0.251 e. The van der Waals surface area contributed by atoms with Gasteiger partial charge in [0, 0.05) is 18.5 Å². The zero-order valence-corrected chi connectivity index (χ0v) is 10.0. The van der Waals surface area contributed by atoms with Crippen LogP contribution in [0.15, 0.2) is 42.0 Å². The van der Waals surface area contributed by atoms with Gasteiger partial charge in [0.15, 0.2) is 5.69 Å².